The lowest BCUT2D eigenvalue weighted by atomic mass is 10.1. The smallest absolute Gasteiger partial charge is 0.252 e. The molecule has 5 heteroatoms. The molecule has 5 nitrogen and oxygen atoms in total. The van der Waals surface area contributed by atoms with Crippen molar-refractivity contribution in [2.45, 2.75) is 19.8 Å². The summed E-state index contributed by atoms with van der Waals surface area (Å²) in [6, 6.07) is 9.67. The van der Waals surface area contributed by atoms with E-state index < -0.39 is 0 Å². The normalized spacial score (nSPS) is 15.5. The van der Waals surface area contributed by atoms with Gasteiger partial charge in [0.2, 0.25) is 5.95 Å². The van der Waals surface area contributed by atoms with Crippen molar-refractivity contribution in [1.82, 2.24) is 9.97 Å². The highest BCUT2D eigenvalue weighted by Gasteiger charge is 2.16. The van der Waals surface area contributed by atoms with Gasteiger partial charge in [-0.1, -0.05) is 24.3 Å². The average Bonchev–Trinajstić information content (AvgIpc) is 2.78. The summed E-state index contributed by atoms with van der Waals surface area (Å²) in [5.74, 6) is 0.377. The van der Waals surface area contributed by atoms with Crippen LogP contribution in [0.3, 0.4) is 0 Å². The number of aromatic nitrogens is 2. The van der Waals surface area contributed by atoms with E-state index in [1.165, 1.54) is 17.2 Å². The van der Waals surface area contributed by atoms with E-state index in [4.69, 9.17) is 0 Å². The van der Waals surface area contributed by atoms with Crippen LogP contribution in [0, 0.1) is 6.92 Å². The Kier molecular flexibility index (Phi) is 2.87. The lowest BCUT2D eigenvalue weighted by Gasteiger charge is -2.02. The van der Waals surface area contributed by atoms with Gasteiger partial charge in [-0.25, -0.2) is 10.4 Å². The minimum atomic E-state index is -0.179. The Labute approximate surface area is 110 Å². The SMILES string of the molecule is Cc1cc(=O)[nH]c(N/N=C2\CCc3ccccc32)n1. The van der Waals surface area contributed by atoms with E-state index in [1.807, 2.05) is 12.1 Å². The molecule has 1 aromatic carbocycles. The molecular formula is C14H14N4O. The number of aromatic amines is 1. The van der Waals surface area contributed by atoms with Crippen LogP contribution in [0.5, 0.6) is 0 Å². The van der Waals surface area contributed by atoms with E-state index in [0.717, 1.165) is 18.6 Å². The number of hydrogen-bond acceptors (Lipinski definition) is 4. The summed E-state index contributed by atoms with van der Waals surface area (Å²) >= 11 is 0. The monoisotopic (exact) mass is 254 g/mol. The maximum absolute atomic E-state index is 11.3. The van der Waals surface area contributed by atoms with E-state index in [2.05, 4.69) is 32.6 Å². The highest BCUT2D eigenvalue weighted by Crippen LogP contribution is 2.21. The number of aryl methyl sites for hydroxylation is 2. The molecule has 2 aromatic rings. The van der Waals surface area contributed by atoms with Gasteiger partial charge in [0, 0.05) is 17.3 Å². The highest BCUT2D eigenvalue weighted by molar-refractivity contribution is 6.04. The van der Waals surface area contributed by atoms with Crippen LogP contribution >= 0.6 is 0 Å². The molecule has 0 aliphatic heterocycles. The first-order valence-electron chi connectivity index (χ1n) is 6.21. The Balaban J connectivity index is 1.86. The number of fused-ring (bicyclic) bond motifs is 1. The van der Waals surface area contributed by atoms with Gasteiger partial charge in [0.1, 0.15) is 0 Å². The first-order valence-corrected chi connectivity index (χ1v) is 6.21. The summed E-state index contributed by atoms with van der Waals surface area (Å²) in [4.78, 5) is 18.1. The third-order valence-electron chi connectivity index (χ3n) is 3.13. The average molecular weight is 254 g/mol. The van der Waals surface area contributed by atoms with Gasteiger partial charge < -0.3 is 0 Å². The van der Waals surface area contributed by atoms with Gasteiger partial charge in [-0.05, 0) is 25.3 Å². The number of anilines is 1. The van der Waals surface area contributed by atoms with E-state index in [9.17, 15) is 4.79 Å². The second kappa shape index (κ2) is 4.68. The first kappa shape index (κ1) is 11.6. The fourth-order valence-electron chi connectivity index (χ4n) is 2.28. The highest BCUT2D eigenvalue weighted by atomic mass is 16.1. The molecule has 0 bridgehead atoms. The van der Waals surface area contributed by atoms with Crippen LogP contribution in [0.25, 0.3) is 0 Å². The fourth-order valence-corrected chi connectivity index (χ4v) is 2.28. The van der Waals surface area contributed by atoms with Gasteiger partial charge >= 0.3 is 0 Å². The van der Waals surface area contributed by atoms with Crippen molar-refractivity contribution in [3.05, 3.63) is 57.5 Å². The van der Waals surface area contributed by atoms with Crippen LogP contribution in [0.2, 0.25) is 0 Å². The van der Waals surface area contributed by atoms with Gasteiger partial charge in [0.15, 0.2) is 0 Å². The second-order valence-electron chi connectivity index (χ2n) is 4.56. The fraction of sp³-hybridized carbons (Fsp3) is 0.214. The molecule has 0 saturated heterocycles. The molecular weight excluding hydrogens is 240 g/mol. The molecule has 3 rings (SSSR count). The lowest BCUT2D eigenvalue weighted by Crippen LogP contribution is -2.11. The summed E-state index contributed by atoms with van der Waals surface area (Å²) in [5, 5.41) is 4.35. The van der Waals surface area contributed by atoms with Crippen molar-refractivity contribution in [2.24, 2.45) is 5.10 Å². The third kappa shape index (κ3) is 2.40. The Morgan fingerprint density at radius 1 is 1.32 bits per heavy atom. The molecule has 96 valence electrons. The predicted molar refractivity (Wildman–Crippen MR) is 74.5 cm³/mol. The molecule has 0 unspecified atom stereocenters. The zero-order chi connectivity index (χ0) is 13.2. The third-order valence-corrected chi connectivity index (χ3v) is 3.13. The van der Waals surface area contributed by atoms with Crippen LogP contribution in [0.15, 0.2) is 40.2 Å². The number of benzene rings is 1. The Morgan fingerprint density at radius 3 is 3.00 bits per heavy atom. The number of nitrogens with one attached hydrogen (secondary N) is 2. The topological polar surface area (TPSA) is 70.1 Å². The van der Waals surface area contributed by atoms with Gasteiger partial charge in [0.05, 0.1) is 5.71 Å². The standard InChI is InChI=1S/C14H14N4O/c1-9-8-13(19)16-14(15-9)18-17-12-7-6-10-4-2-3-5-11(10)12/h2-5,8H,6-7H2,1H3,(H2,15,16,18,19)/b17-12+. The van der Waals surface area contributed by atoms with Gasteiger partial charge in [0.25, 0.3) is 5.56 Å². The number of H-pyrrole nitrogens is 1. The van der Waals surface area contributed by atoms with Crippen LogP contribution in [-0.4, -0.2) is 15.7 Å². The summed E-state index contributed by atoms with van der Waals surface area (Å²) in [6.45, 7) is 1.78. The Morgan fingerprint density at radius 2 is 2.16 bits per heavy atom. The number of hydrazone groups is 1. The molecule has 19 heavy (non-hydrogen) atoms. The zero-order valence-electron chi connectivity index (χ0n) is 10.6. The molecule has 1 aliphatic rings. The van der Waals surface area contributed by atoms with Crippen molar-refractivity contribution >= 4 is 11.7 Å². The van der Waals surface area contributed by atoms with E-state index in [-0.39, 0.29) is 5.56 Å². The van der Waals surface area contributed by atoms with Gasteiger partial charge in [-0.15, -0.1) is 0 Å². The van der Waals surface area contributed by atoms with Crippen LogP contribution in [-0.2, 0) is 6.42 Å². The van der Waals surface area contributed by atoms with Gasteiger partial charge in [-0.3, -0.25) is 9.78 Å². The number of nitrogens with zero attached hydrogens (tertiary/aromatic N) is 2. The number of rotatable bonds is 2. The maximum atomic E-state index is 11.3. The Bertz CT molecular complexity index is 703. The molecule has 0 fully saturated rings. The van der Waals surface area contributed by atoms with Crippen LogP contribution < -0.4 is 11.0 Å². The minimum Gasteiger partial charge on any atom is -0.291 e. The van der Waals surface area contributed by atoms with Crippen molar-refractivity contribution in [2.75, 3.05) is 5.43 Å². The van der Waals surface area contributed by atoms with Crippen molar-refractivity contribution in [3.8, 4) is 0 Å². The molecule has 0 amide bonds. The van der Waals surface area contributed by atoms with Crippen LogP contribution in [0.1, 0.15) is 23.2 Å². The lowest BCUT2D eigenvalue weighted by molar-refractivity contribution is 1.03. The maximum Gasteiger partial charge on any atom is 0.252 e. The predicted octanol–water partition coefficient (Wildman–Crippen LogP) is 1.84. The minimum absolute atomic E-state index is 0.179. The molecule has 1 heterocycles. The summed E-state index contributed by atoms with van der Waals surface area (Å²) in [6.07, 6.45) is 1.91. The summed E-state index contributed by atoms with van der Waals surface area (Å²) in [7, 11) is 0. The number of hydrogen-bond donors (Lipinski definition) is 2. The second-order valence-corrected chi connectivity index (χ2v) is 4.56. The van der Waals surface area contributed by atoms with Crippen molar-refractivity contribution < 1.29 is 0 Å². The first-order chi connectivity index (χ1) is 9.22. The summed E-state index contributed by atoms with van der Waals surface area (Å²) in [5.41, 5.74) is 6.80. The molecule has 1 aliphatic carbocycles. The summed E-state index contributed by atoms with van der Waals surface area (Å²) < 4.78 is 0. The molecule has 0 radical (unpaired) electrons. The van der Waals surface area contributed by atoms with E-state index in [0.29, 0.717) is 11.6 Å². The van der Waals surface area contributed by atoms with Crippen molar-refractivity contribution in [3.63, 3.8) is 0 Å². The molecule has 2 N–H and O–H groups in total. The zero-order valence-corrected chi connectivity index (χ0v) is 10.6. The van der Waals surface area contributed by atoms with Crippen molar-refractivity contribution in [1.29, 1.82) is 0 Å². The molecule has 1 aromatic heterocycles. The quantitative estimate of drug-likeness (QED) is 0.803. The van der Waals surface area contributed by atoms with Gasteiger partial charge in [-0.2, -0.15) is 5.10 Å². The molecule has 0 saturated carbocycles. The molecule has 0 atom stereocenters. The van der Waals surface area contributed by atoms with E-state index >= 15 is 0 Å². The Hall–Kier alpha value is -2.43. The van der Waals surface area contributed by atoms with E-state index in [1.54, 1.807) is 6.92 Å². The largest absolute Gasteiger partial charge is 0.291 e. The van der Waals surface area contributed by atoms with Crippen LogP contribution in [0.4, 0.5) is 5.95 Å². The molecule has 0 spiro atoms.